The summed E-state index contributed by atoms with van der Waals surface area (Å²) in [6.45, 7) is 5.89. The molecule has 0 unspecified atom stereocenters. The van der Waals surface area contributed by atoms with Crippen molar-refractivity contribution in [3.8, 4) is 5.75 Å². The van der Waals surface area contributed by atoms with Crippen LogP contribution in [0.3, 0.4) is 0 Å². The summed E-state index contributed by atoms with van der Waals surface area (Å²) in [5.41, 5.74) is 2.52. The van der Waals surface area contributed by atoms with E-state index in [9.17, 15) is 9.90 Å². The number of para-hydroxylation sites is 1. The van der Waals surface area contributed by atoms with E-state index in [-0.39, 0.29) is 17.2 Å². The van der Waals surface area contributed by atoms with Crippen LogP contribution in [0.1, 0.15) is 35.8 Å². The number of amides is 1. The Labute approximate surface area is 201 Å². The predicted octanol–water partition coefficient (Wildman–Crippen LogP) is 5.53. The molecule has 2 aromatic carbocycles. The van der Waals surface area contributed by atoms with Gasteiger partial charge in [-0.25, -0.2) is 4.98 Å². The molecule has 2 N–H and O–H groups in total. The first-order valence-corrected chi connectivity index (χ1v) is 12.5. The van der Waals surface area contributed by atoms with Gasteiger partial charge >= 0.3 is 0 Å². The first-order chi connectivity index (χ1) is 15.5. The van der Waals surface area contributed by atoms with Gasteiger partial charge < -0.3 is 14.9 Å². The number of benzene rings is 2. The molecule has 0 atom stereocenters. The molecule has 8 heteroatoms. The van der Waals surface area contributed by atoms with Crippen LogP contribution >= 0.6 is 27.3 Å². The molecule has 0 aliphatic carbocycles. The number of phenolic OH excluding ortho intramolecular Hbond substituents is 1. The number of carbonyl (C=O) groups is 1. The van der Waals surface area contributed by atoms with Gasteiger partial charge in [-0.05, 0) is 43.2 Å². The normalized spacial score (nSPS) is 13.9. The van der Waals surface area contributed by atoms with Crippen LogP contribution in [0.15, 0.2) is 53.0 Å². The quantitative estimate of drug-likeness (QED) is 0.433. The lowest BCUT2D eigenvalue weighted by Crippen LogP contribution is -2.46. The second-order valence-electron chi connectivity index (χ2n) is 7.80. The number of thiazole rings is 1. The second kappa shape index (κ2) is 10.4. The number of aryl methyl sites for hydroxylation is 1. The lowest BCUT2D eigenvalue weighted by Gasteiger charge is -2.36. The molecule has 0 spiro atoms. The molecule has 1 aliphatic rings. The van der Waals surface area contributed by atoms with Crippen LogP contribution in [0.25, 0.3) is 0 Å². The van der Waals surface area contributed by atoms with Crippen molar-refractivity contribution in [1.82, 2.24) is 4.98 Å². The van der Waals surface area contributed by atoms with Crippen LogP contribution in [0.2, 0.25) is 0 Å². The monoisotopic (exact) mass is 514 g/mol. The minimum Gasteiger partial charge on any atom is -0.507 e. The largest absolute Gasteiger partial charge is 0.507 e. The fourth-order valence-electron chi connectivity index (χ4n) is 3.81. The lowest BCUT2D eigenvalue weighted by molar-refractivity contribution is 0.102. The van der Waals surface area contributed by atoms with Crippen LogP contribution in [0.4, 0.5) is 15.8 Å². The number of unbranched alkanes of at least 4 members (excludes halogenated alkanes) is 1. The van der Waals surface area contributed by atoms with E-state index >= 15 is 0 Å². The molecule has 3 aromatic rings. The smallest absolute Gasteiger partial charge is 0.261 e. The Morgan fingerprint density at radius 1 is 1.12 bits per heavy atom. The van der Waals surface area contributed by atoms with Gasteiger partial charge in [-0.15, -0.1) is 0 Å². The highest BCUT2D eigenvalue weighted by molar-refractivity contribution is 9.10. The summed E-state index contributed by atoms with van der Waals surface area (Å²) in [4.78, 5) is 22.3. The first kappa shape index (κ1) is 22.6. The standard InChI is InChI=1S/C24H27BrN4O2S/c1-2-3-9-20-23(29-14-12-28(13-15-29)18-7-5-4-6-8-18)32-24(26-20)27-22(31)19-16-17(25)10-11-21(19)30/h4-8,10-11,16,30H,2-3,9,12-15H2,1H3,(H,26,27,31). The van der Waals surface area contributed by atoms with Gasteiger partial charge in [0.05, 0.1) is 11.3 Å². The van der Waals surface area contributed by atoms with Crippen molar-refractivity contribution in [1.29, 1.82) is 0 Å². The van der Waals surface area contributed by atoms with Gasteiger partial charge in [0.1, 0.15) is 10.8 Å². The maximum absolute atomic E-state index is 12.8. The van der Waals surface area contributed by atoms with E-state index in [1.54, 1.807) is 12.1 Å². The lowest BCUT2D eigenvalue weighted by atomic mass is 10.2. The number of hydrogen-bond acceptors (Lipinski definition) is 6. The minimum atomic E-state index is -0.361. The maximum atomic E-state index is 12.8. The molecule has 0 saturated carbocycles. The first-order valence-electron chi connectivity index (χ1n) is 10.9. The third-order valence-electron chi connectivity index (χ3n) is 5.56. The van der Waals surface area contributed by atoms with E-state index in [0.29, 0.717) is 5.13 Å². The second-order valence-corrected chi connectivity index (χ2v) is 9.69. The van der Waals surface area contributed by atoms with Gasteiger partial charge in [0, 0.05) is 36.3 Å². The Bertz CT molecular complexity index is 1070. The number of aromatic hydroxyl groups is 1. The number of nitrogens with one attached hydrogen (secondary N) is 1. The van der Waals surface area contributed by atoms with Crippen molar-refractivity contribution in [2.24, 2.45) is 0 Å². The zero-order valence-electron chi connectivity index (χ0n) is 18.1. The Kier molecular flexibility index (Phi) is 7.32. The fourth-order valence-corrected chi connectivity index (χ4v) is 5.23. The van der Waals surface area contributed by atoms with Crippen molar-refractivity contribution in [2.45, 2.75) is 26.2 Å². The Balaban J connectivity index is 1.50. The average Bonchev–Trinajstić information content (AvgIpc) is 3.22. The molecular formula is C24H27BrN4O2S. The number of piperazine rings is 1. The van der Waals surface area contributed by atoms with Crippen LogP contribution in [-0.4, -0.2) is 42.2 Å². The van der Waals surface area contributed by atoms with E-state index in [1.807, 2.05) is 6.07 Å². The molecule has 32 heavy (non-hydrogen) atoms. The summed E-state index contributed by atoms with van der Waals surface area (Å²) in [5, 5.41) is 14.7. The molecule has 4 rings (SSSR count). The van der Waals surface area contributed by atoms with Crippen molar-refractivity contribution < 1.29 is 9.90 Å². The Morgan fingerprint density at radius 2 is 1.84 bits per heavy atom. The maximum Gasteiger partial charge on any atom is 0.261 e. The summed E-state index contributed by atoms with van der Waals surface area (Å²) < 4.78 is 0.736. The molecule has 1 fully saturated rings. The number of rotatable bonds is 7. The summed E-state index contributed by atoms with van der Waals surface area (Å²) in [5.74, 6) is -0.411. The van der Waals surface area contributed by atoms with E-state index in [2.05, 4.69) is 62.2 Å². The van der Waals surface area contributed by atoms with Gasteiger partial charge in [-0.3, -0.25) is 10.1 Å². The zero-order chi connectivity index (χ0) is 22.5. The summed E-state index contributed by atoms with van der Waals surface area (Å²) in [6.07, 6.45) is 3.03. The summed E-state index contributed by atoms with van der Waals surface area (Å²) >= 11 is 4.87. The molecule has 1 amide bonds. The molecule has 1 saturated heterocycles. The van der Waals surface area contributed by atoms with E-state index < -0.39 is 0 Å². The van der Waals surface area contributed by atoms with E-state index in [4.69, 9.17) is 4.98 Å². The number of hydrogen-bond donors (Lipinski definition) is 2. The van der Waals surface area contributed by atoms with E-state index in [1.165, 1.54) is 23.1 Å². The SMILES string of the molecule is CCCCc1nc(NC(=O)c2cc(Br)ccc2O)sc1N1CCN(c2ccccc2)CC1. The topological polar surface area (TPSA) is 68.7 Å². The average molecular weight is 515 g/mol. The number of anilines is 3. The third-order valence-corrected chi connectivity index (χ3v) is 7.12. The van der Waals surface area contributed by atoms with Crippen LogP contribution in [0, 0.1) is 0 Å². The summed E-state index contributed by atoms with van der Waals surface area (Å²) in [7, 11) is 0. The molecule has 1 aliphatic heterocycles. The number of halogens is 1. The Hall–Kier alpha value is -2.58. The molecule has 6 nitrogen and oxygen atoms in total. The van der Waals surface area contributed by atoms with Gasteiger partial charge in [0.2, 0.25) is 0 Å². The van der Waals surface area contributed by atoms with Gasteiger partial charge in [0.25, 0.3) is 5.91 Å². The van der Waals surface area contributed by atoms with Gasteiger partial charge in [-0.2, -0.15) is 0 Å². The highest BCUT2D eigenvalue weighted by Gasteiger charge is 2.23. The van der Waals surface area contributed by atoms with Crippen molar-refractivity contribution >= 4 is 49.0 Å². The van der Waals surface area contributed by atoms with Crippen LogP contribution < -0.4 is 15.1 Å². The van der Waals surface area contributed by atoms with Crippen LogP contribution in [0.5, 0.6) is 5.75 Å². The molecule has 0 radical (unpaired) electrons. The molecule has 0 bridgehead atoms. The fraction of sp³-hybridized carbons (Fsp3) is 0.333. The Morgan fingerprint density at radius 3 is 2.56 bits per heavy atom. The van der Waals surface area contributed by atoms with E-state index in [0.717, 1.165) is 60.6 Å². The van der Waals surface area contributed by atoms with Crippen molar-refractivity contribution in [3.05, 3.63) is 64.3 Å². The van der Waals surface area contributed by atoms with Crippen molar-refractivity contribution in [2.75, 3.05) is 41.3 Å². The minimum absolute atomic E-state index is 0.0503. The molecular weight excluding hydrogens is 488 g/mol. The third kappa shape index (κ3) is 5.24. The molecule has 1 aromatic heterocycles. The predicted molar refractivity (Wildman–Crippen MR) is 135 cm³/mol. The number of nitrogens with zero attached hydrogens (tertiary/aromatic N) is 3. The van der Waals surface area contributed by atoms with Crippen LogP contribution in [-0.2, 0) is 6.42 Å². The number of carbonyl (C=O) groups excluding carboxylic acids is 1. The molecule has 2 heterocycles. The van der Waals surface area contributed by atoms with Gasteiger partial charge in [0.15, 0.2) is 5.13 Å². The summed E-state index contributed by atoms with van der Waals surface area (Å²) in [6, 6.07) is 15.3. The molecule has 168 valence electrons. The number of aromatic nitrogens is 1. The van der Waals surface area contributed by atoms with Crippen molar-refractivity contribution in [3.63, 3.8) is 0 Å². The highest BCUT2D eigenvalue weighted by Crippen LogP contribution is 2.35. The highest BCUT2D eigenvalue weighted by atomic mass is 79.9. The number of phenols is 1. The van der Waals surface area contributed by atoms with Gasteiger partial charge in [-0.1, -0.05) is 58.8 Å². The zero-order valence-corrected chi connectivity index (χ0v) is 20.5.